The summed E-state index contributed by atoms with van der Waals surface area (Å²) in [7, 11) is -9.16. The molecule has 228 valence electrons. The first-order valence-corrected chi connectivity index (χ1v) is 17.3. The van der Waals surface area contributed by atoms with E-state index in [4.69, 9.17) is 4.74 Å². The second kappa shape index (κ2) is 9.84. The Labute approximate surface area is 261 Å². The van der Waals surface area contributed by atoms with Crippen LogP contribution in [0.2, 0.25) is 0 Å². The summed E-state index contributed by atoms with van der Waals surface area (Å²) < 4.78 is 104. The fourth-order valence-electron chi connectivity index (χ4n) is 6.00. The van der Waals surface area contributed by atoms with E-state index in [-0.39, 0.29) is 53.6 Å². The van der Waals surface area contributed by atoms with E-state index in [0.717, 1.165) is 16.6 Å². The molecule has 1 spiro atoms. The van der Waals surface area contributed by atoms with Crippen molar-refractivity contribution in [2.24, 2.45) is 0 Å². The summed E-state index contributed by atoms with van der Waals surface area (Å²) in [6, 6.07) is 6.06. The molecule has 3 heterocycles. The maximum Gasteiger partial charge on any atom is 0.516 e. The minimum absolute atomic E-state index is 0.0733. The molecule has 9 nitrogen and oxygen atoms in total. The first-order chi connectivity index (χ1) is 20.0. The zero-order valence-corrected chi connectivity index (χ0v) is 27.2. The normalized spacial score (nSPS) is 18.3. The number of hydrogen-bond acceptors (Lipinski definition) is 7. The van der Waals surface area contributed by atoms with Crippen LogP contribution in [0.3, 0.4) is 0 Å². The van der Waals surface area contributed by atoms with E-state index < -0.39 is 49.0 Å². The summed E-state index contributed by atoms with van der Waals surface area (Å²) in [5.74, 6) is -0.763. The standard InChI is InChI=1S/C27H22Br2F3N3O6S2/c1-14-3-5-16(6-4-14)42(37,38)35-13-15-7-9-33-21-19(15)22(35)25(41-2)23-20(21)26(11-17(28)24(36)18(29)12-26)8-10-34(23)43(39,40)27(30,31)32/h3-6,11-13,33H,7-10H2,1-2H3. The van der Waals surface area contributed by atoms with Crippen LogP contribution in [-0.2, 0) is 36.7 Å². The Balaban J connectivity index is 1.80. The third kappa shape index (κ3) is 4.30. The number of anilines is 2. The van der Waals surface area contributed by atoms with Crippen molar-refractivity contribution < 1.29 is 39.5 Å². The van der Waals surface area contributed by atoms with Crippen LogP contribution >= 0.6 is 31.9 Å². The number of nitrogens with zero attached hydrogens (tertiary/aromatic N) is 2. The molecule has 3 aromatic rings. The lowest BCUT2D eigenvalue weighted by Gasteiger charge is -2.44. The Morgan fingerprint density at radius 3 is 2.26 bits per heavy atom. The quantitative estimate of drug-likeness (QED) is 0.368. The molecule has 0 saturated carbocycles. The molecule has 3 aliphatic rings. The number of sulfonamides is 1. The monoisotopic (exact) mass is 763 g/mol. The molecular weight excluding hydrogens is 743 g/mol. The SMILES string of the molecule is COc1c2c(c3c4c(cn(S(=O)(=O)c5ccc(C)cc5)c14)CCN3)C1(C=C(Br)C(=O)C(Br)=C1)CCN2S(=O)(=O)C(F)(F)F. The number of benzene rings is 2. The van der Waals surface area contributed by atoms with Gasteiger partial charge in [-0.1, -0.05) is 29.8 Å². The molecule has 0 bridgehead atoms. The van der Waals surface area contributed by atoms with Crippen molar-refractivity contribution in [1.29, 1.82) is 0 Å². The third-order valence-corrected chi connectivity index (χ3v) is 12.3. The number of Topliss-reactive ketones (excluding diaryl/α,β-unsaturated/α-hetero) is 1. The summed E-state index contributed by atoms with van der Waals surface area (Å²) >= 11 is 6.52. The predicted molar refractivity (Wildman–Crippen MR) is 162 cm³/mol. The summed E-state index contributed by atoms with van der Waals surface area (Å²) in [5.41, 5.74) is -5.74. The van der Waals surface area contributed by atoms with Crippen LogP contribution in [0.15, 0.2) is 56.5 Å². The topological polar surface area (TPSA) is 115 Å². The van der Waals surface area contributed by atoms with Crippen molar-refractivity contribution in [2.45, 2.75) is 35.6 Å². The molecule has 0 amide bonds. The summed E-state index contributed by atoms with van der Waals surface area (Å²) in [6.07, 6.45) is 4.68. The average Bonchev–Trinajstić information content (AvgIpc) is 3.33. The number of alkyl halides is 3. The molecule has 6 rings (SSSR count). The highest BCUT2D eigenvalue weighted by atomic mass is 79.9. The lowest BCUT2D eigenvalue weighted by molar-refractivity contribution is -0.111. The summed E-state index contributed by atoms with van der Waals surface area (Å²) in [4.78, 5) is 12.6. The number of carbonyl (C=O) groups excluding carboxylic acids is 1. The van der Waals surface area contributed by atoms with Crippen molar-refractivity contribution >= 4 is 80.0 Å². The van der Waals surface area contributed by atoms with Gasteiger partial charge in [-0.05, 0) is 69.3 Å². The lowest BCUT2D eigenvalue weighted by Crippen LogP contribution is -2.48. The van der Waals surface area contributed by atoms with E-state index >= 15 is 0 Å². The van der Waals surface area contributed by atoms with Crippen LogP contribution in [0.25, 0.3) is 10.9 Å². The number of hydrogen-bond donors (Lipinski definition) is 1. The molecular formula is C27H22Br2F3N3O6S2. The van der Waals surface area contributed by atoms with Gasteiger partial charge >= 0.3 is 15.5 Å². The fraction of sp³-hybridized carbons (Fsp3) is 0.296. The average molecular weight is 765 g/mol. The number of aromatic nitrogens is 1. The number of nitrogens with one attached hydrogen (secondary N) is 1. The van der Waals surface area contributed by atoms with Gasteiger partial charge in [0.25, 0.3) is 10.0 Å². The third-order valence-electron chi connectivity index (χ3n) is 7.92. The number of ketones is 1. The Kier molecular flexibility index (Phi) is 6.92. The van der Waals surface area contributed by atoms with Crippen molar-refractivity contribution in [3.05, 3.63) is 68.3 Å². The van der Waals surface area contributed by atoms with Gasteiger partial charge in [-0.3, -0.25) is 9.10 Å². The van der Waals surface area contributed by atoms with E-state index in [9.17, 15) is 34.8 Å². The number of halogens is 5. The number of rotatable bonds is 4. The van der Waals surface area contributed by atoms with Gasteiger partial charge in [0.15, 0.2) is 5.75 Å². The Bertz CT molecular complexity index is 2000. The summed E-state index contributed by atoms with van der Waals surface area (Å²) in [6.45, 7) is 1.43. The van der Waals surface area contributed by atoms with Crippen molar-refractivity contribution in [3.63, 3.8) is 0 Å². The highest BCUT2D eigenvalue weighted by Crippen LogP contribution is 2.59. The number of methoxy groups -OCH3 is 1. The van der Waals surface area contributed by atoms with Gasteiger partial charge in [-0.25, -0.2) is 12.4 Å². The smallest absolute Gasteiger partial charge is 0.492 e. The molecule has 16 heteroatoms. The summed E-state index contributed by atoms with van der Waals surface area (Å²) in [5, 5.41) is 3.57. The molecule has 1 N–H and O–H groups in total. The van der Waals surface area contributed by atoms with E-state index in [1.807, 2.05) is 0 Å². The molecule has 0 atom stereocenters. The van der Waals surface area contributed by atoms with E-state index in [1.54, 1.807) is 19.1 Å². The highest BCUT2D eigenvalue weighted by molar-refractivity contribution is 9.13. The van der Waals surface area contributed by atoms with Crippen molar-refractivity contribution in [2.75, 3.05) is 29.8 Å². The lowest BCUT2D eigenvalue weighted by atomic mass is 9.70. The number of aryl methyl sites for hydroxylation is 1. The van der Waals surface area contributed by atoms with Crippen LogP contribution in [0.5, 0.6) is 5.75 Å². The van der Waals surface area contributed by atoms with Crippen LogP contribution < -0.4 is 14.4 Å². The first-order valence-electron chi connectivity index (χ1n) is 12.8. The number of fused-ring (bicyclic) bond motifs is 3. The van der Waals surface area contributed by atoms with E-state index in [1.165, 1.54) is 30.5 Å². The molecule has 0 fully saturated rings. The maximum atomic E-state index is 14.1. The molecule has 1 aliphatic carbocycles. The minimum Gasteiger partial charge on any atom is -0.492 e. The predicted octanol–water partition coefficient (Wildman–Crippen LogP) is 5.60. The van der Waals surface area contributed by atoms with E-state index in [0.29, 0.717) is 17.4 Å². The van der Waals surface area contributed by atoms with Crippen molar-refractivity contribution in [1.82, 2.24) is 3.97 Å². The first kappa shape index (κ1) is 30.2. The van der Waals surface area contributed by atoms with Gasteiger partial charge < -0.3 is 10.1 Å². The van der Waals surface area contributed by atoms with Gasteiger partial charge in [-0.15, -0.1) is 0 Å². The highest BCUT2D eigenvalue weighted by Gasteiger charge is 2.55. The fourth-order valence-corrected chi connectivity index (χ4v) is 9.89. The molecule has 1 aromatic heterocycles. The zero-order chi connectivity index (χ0) is 31.3. The van der Waals surface area contributed by atoms with Gasteiger partial charge in [0.05, 0.1) is 26.7 Å². The maximum absolute atomic E-state index is 14.1. The van der Waals surface area contributed by atoms with E-state index in [2.05, 4.69) is 37.2 Å². The molecule has 2 aliphatic heterocycles. The van der Waals surface area contributed by atoms with Gasteiger partial charge in [0, 0.05) is 35.7 Å². The van der Waals surface area contributed by atoms with Crippen LogP contribution in [0, 0.1) is 6.92 Å². The van der Waals surface area contributed by atoms with Crippen molar-refractivity contribution in [3.8, 4) is 5.75 Å². The second-order valence-corrected chi connectivity index (χ2v) is 15.8. The zero-order valence-electron chi connectivity index (χ0n) is 22.4. The molecule has 0 unspecified atom stereocenters. The number of ether oxygens (including phenoxy) is 1. The Morgan fingerprint density at radius 1 is 1.05 bits per heavy atom. The van der Waals surface area contributed by atoms with Crippen LogP contribution in [-0.4, -0.2) is 52.3 Å². The van der Waals surface area contributed by atoms with Gasteiger partial charge in [-0.2, -0.15) is 21.6 Å². The van der Waals surface area contributed by atoms with Gasteiger partial charge in [0.1, 0.15) is 11.2 Å². The van der Waals surface area contributed by atoms with Crippen LogP contribution in [0.4, 0.5) is 24.5 Å². The van der Waals surface area contributed by atoms with Gasteiger partial charge in [0.2, 0.25) is 5.78 Å². The minimum atomic E-state index is -5.98. The van der Waals surface area contributed by atoms with Crippen LogP contribution in [0.1, 0.15) is 23.1 Å². The largest absolute Gasteiger partial charge is 0.516 e. The molecule has 0 saturated heterocycles. The molecule has 0 radical (unpaired) electrons. The number of carbonyl (C=O) groups is 1. The number of allylic oxidation sites excluding steroid dienone is 4. The Hall–Kier alpha value is -2.82. The molecule has 43 heavy (non-hydrogen) atoms. The molecule has 2 aromatic carbocycles. The second-order valence-electron chi connectivity index (χ2n) is 10.4. The Morgan fingerprint density at radius 2 is 1.67 bits per heavy atom.